The van der Waals surface area contributed by atoms with Crippen LogP contribution < -0.4 is 9.47 Å². The lowest BCUT2D eigenvalue weighted by molar-refractivity contribution is 0.201. The minimum absolute atomic E-state index is 0.00562. The van der Waals surface area contributed by atoms with Gasteiger partial charge in [-0.15, -0.1) is 0 Å². The Labute approximate surface area is 157 Å². The van der Waals surface area contributed by atoms with Gasteiger partial charge in [0.25, 0.3) is 0 Å². The summed E-state index contributed by atoms with van der Waals surface area (Å²) in [5.41, 5.74) is 2.13. The molecule has 0 aliphatic rings. The lowest BCUT2D eigenvalue weighted by Gasteiger charge is -2.09. The van der Waals surface area contributed by atoms with Crippen molar-refractivity contribution in [3.05, 3.63) is 54.6 Å². The molecule has 1 N–H and O–H groups in total. The Morgan fingerprint density at radius 1 is 1.04 bits per heavy atom. The molecule has 0 spiro atoms. The molecule has 1 aromatic heterocycles. The first-order valence-corrected chi connectivity index (χ1v) is 10.1. The van der Waals surface area contributed by atoms with Crippen LogP contribution in [0.5, 0.6) is 11.5 Å². The number of aliphatic hydroxyl groups is 1. The van der Waals surface area contributed by atoms with Gasteiger partial charge in [-0.05, 0) is 48.5 Å². The molecule has 1 heterocycles. The Kier molecular flexibility index (Phi) is 5.48. The zero-order chi connectivity index (χ0) is 19.4. The molecule has 0 aliphatic carbocycles. The Hall–Kier alpha value is -2.84. The number of hydrogen-bond acceptors (Lipinski definition) is 6. The van der Waals surface area contributed by atoms with Gasteiger partial charge in [0.1, 0.15) is 18.1 Å². The number of sulfone groups is 1. The van der Waals surface area contributed by atoms with Gasteiger partial charge in [0.2, 0.25) is 0 Å². The van der Waals surface area contributed by atoms with Crippen LogP contribution in [0.1, 0.15) is 0 Å². The average Bonchev–Trinajstić information content (AvgIpc) is 3.13. The van der Waals surface area contributed by atoms with Crippen molar-refractivity contribution < 1.29 is 23.0 Å². The Morgan fingerprint density at radius 3 is 2.22 bits per heavy atom. The number of methoxy groups -OCH3 is 1. The summed E-state index contributed by atoms with van der Waals surface area (Å²) in [5, 5.41) is 13.1. The third kappa shape index (κ3) is 4.29. The van der Waals surface area contributed by atoms with Gasteiger partial charge in [0.15, 0.2) is 14.9 Å². The molecule has 2 aromatic carbocycles. The van der Waals surface area contributed by atoms with Crippen LogP contribution in [0.4, 0.5) is 0 Å². The fraction of sp³-hybridized carbons (Fsp3) is 0.211. The topological polar surface area (TPSA) is 90.7 Å². The van der Waals surface area contributed by atoms with Gasteiger partial charge in [0.05, 0.1) is 25.1 Å². The van der Waals surface area contributed by atoms with Gasteiger partial charge in [-0.1, -0.05) is 0 Å². The lowest BCUT2D eigenvalue weighted by Crippen LogP contribution is -2.03. The van der Waals surface area contributed by atoms with Crippen molar-refractivity contribution in [1.29, 1.82) is 0 Å². The number of aromatic nitrogens is 2. The molecule has 0 saturated heterocycles. The van der Waals surface area contributed by atoms with Crippen LogP contribution in [0.2, 0.25) is 0 Å². The molecule has 0 aliphatic heterocycles. The van der Waals surface area contributed by atoms with Crippen molar-refractivity contribution in [2.24, 2.45) is 0 Å². The molecule has 0 atom stereocenters. The smallest absolute Gasteiger partial charge is 0.194 e. The molecule has 0 unspecified atom stereocenters. The number of ether oxygens (including phenoxy) is 2. The largest absolute Gasteiger partial charge is 0.497 e. The number of rotatable bonds is 7. The maximum absolute atomic E-state index is 12.0. The molecule has 0 bridgehead atoms. The zero-order valence-corrected chi connectivity index (χ0v) is 15.8. The van der Waals surface area contributed by atoms with E-state index in [0.717, 1.165) is 11.8 Å². The second kappa shape index (κ2) is 7.81. The van der Waals surface area contributed by atoms with Crippen molar-refractivity contribution in [2.75, 3.05) is 26.6 Å². The van der Waals surface area contributed by atoms with Gasteiger partial charge < -0.3 is 14.6 Å². The summed E-state index contributed by atoms with van der Waals surface area (Å²) in [6.45, 7) is 0.144. The van der Waals surface area contributed by atoms with E-state index in [1.54, 1.807) is 54.3 Å². The first-order valence-electron chi connectivity index (χ1n) is 8.21. The second-order valence-electron chi connectivity index (χ2n) is 5.85. The first-order chi connectivity index (χ1) is 12.9. The zero-order valence-electron chi connectivity index (χ0n) is 15.0. The van der Waals surface area contributed by atoms with Crippen molar-refractivity contribution in [3.63, 3.8) is 0 Å². The van der Waals surface area contributed by atoms with E-state index in [-0.39, 0.29) is 18.2 Å². The molecular formula is C19H20N2O5S. The van der Waals surface area contributed by atoms with Gasteiger partial charge >= 0.3 is 0 Å². The molecule has 8 heteroatoms. The monoisotopic (exact) mass is 388 g/mol. The van der Waals surface area contributed by atoms with E-state index in [4.69, 9.17) is 14.6 Å². The summed E-state index contributed by atoms with van der Waals surface area (Å²) in [6, 6.07) is 15.9. The van der Waals surface area contributed by atoms with E-state index >= 15 is 0 Å². The van der Waals surface area contributed by atoms with Crippen LogP contribution in [0, 0.1) is 0 Å². The quantitative estimate of drug-likeness (QED) is 0.668. The molecule has 0 fully saturated rings. The minimum Gasteiger partial charge on any atom is -0.497 e. The van der Waals surface area contributed by atoms with E-state index in [2.05, 4.69) is 5.10 Å². The van der Waals surface area contributed by atoms with Crippen LogP contribution >= 0.6 is 0 Å². The molecule has 3 aromatic rings. The normalized spacial score (nSPS) is 11.4. The number of hydrogen-bond donors (Lipinski definition) is 1. The Bertz CT molecular complexity index is 1010. The summed E-state index contributed by atoms with van der Waals surface area (Å²) in [7, 11) is -1.88. The summed E-state index contributed by atoms with van der Waals surface area (Å²) in [5.74, 6) is 1.31. The first kappa shape index (κ1) is 18.9. The second-order valence-corrected chi connectivity index (χ2v) is 7.81. The van der Waals surface area contributed by atoms with Crippen molar-refractivity contribution in [1.82, 2.24) is 9.78 Å². The lowest BCUT2D eigenvalue weighted by atomic mass is 10.1. The third-order valence-electron chi connectivity index (χ3n) is 3.89. The molecule has 142 valence electrons. The van der Waals surface area contributed by atoms with Crippen molar-refractivity contribution in [2.45, 2.75) is 5.03 Å². The Balaban J connectivity index is 2.06. The van der Waals surface area contributed by atoms with Crippen molar-refractivity contribution >= 4 is 9.84 Å². The highest BCUT2D eigenvalue weighted by atomic mass is 32.2. The SMILES string of the molecule is COc1ccc(-n2nc(S(C)(=O)=O)cc2-c2ccc(OCCO)cc2)cc1. The molecule has 0 radical (unpaired) electrons. The van der Waals surface area contributed by atoms with Crippen LogP contribution in [0.25, 0.3) is 16.9 Å². The van der Waals surface area contributed by atoms with Crippen molar-refractivity contribution in [3.8, 4) is 28.4 Å². The van der Waals surface area contributed by atoms with Gasteiger partial charge in [-0.2, -0.15) is 5.10 Å². The molecule has 27 heavy (non-hydrogen) atoms. The highest BCUT2D eigenvalue weighted by molar-refractivity contribution is 7.90. The highest BCUT2D eigenvalue weighted by Gasteiger charge is 2.18. The minimum atomic E-state index is -3.46. The average molecular weight is 388 g/mol. The van der Waals surface area contributed by atoms with E-state index in [0.29, 0.717) is 22.9 Å². The number of benzene rings is 2. The summed E-state index contributed by atoms with van der Waals surface area (Å²) < 4.78 is 36.1. The van der Waals surface area contributed by atoms with E-state index < -0.39 is 9.84 Å². The molecular weight excluding hydrogens is 368 g/mol. The predicted octanol–water partition coefficient (Wildman–Crippen LogP) is 2.32. The maximum Gasteiger partial charge on any atom is 0.194 e. The maximum atomic E-state index is 12.0. The van der Waals surface area contributed by atoms with E-state index in [1.165, 1.54) is 0 Å². The number of nitrogens with zero attached hydrogens (tertiary/aromatic N) is 2. The molecule has 0 saturated carbocycles. The summed E-state index contributed by atoms with van der Waals surface area (Å²) in [4.78, 5) is 0. The van der Waals surface area contributed by atoms with Gasteiger partial charge in [-0.25, -0.2) is 13.1 Å². The molecule has 7 nitrogen and oxygen atoms in total. The fourth-order valence-electron chi connectivity index (χ4n) is 2.55. The van der Waals surface area contributed by atoms with Gasteiger partial charge in [-0.3, -0.25) is 0 Å². The predicted molar refractivity (Wildman–Crippen MR) is 101 cm³/mol. The third-order valence-corrected chi connectivity index (χ3v) is 4.85. The van der Waals surface area contributed by atoms with E-state index in [1.807, 2.05) is 12.1 Å². The summed E-state index contributed by atoms with van der Waals surface area (Å²) in [6.07, 6.45) is 1.13. The van der Waals surface area contributed by atoms with Crippen LogP contribution in [-0.2, 0) is 9.84 Å². The standard InChI is InChI=1S/C19H20N2O5S/c1-25-16-9-5-15(6-10-16)21-18(13-19(20-21)27(2,23)24)14-3-7-17(8-4-14)26-12-11-22/h3-10,13,22H,11-12H2,1-2H3. The van der Waals surface area contributed by atoms with Crippen LogP contribution in [0.3, 0.4) is 0 Å². The highest BCUT2D eigenvalue weighted by Crippen LogP contribution is 2.28. The fourth-order valence-corrected chi connectivity index (χ4v) is 3.11. The van der Waals surface area contributed by atoms with Crippen LogP contribution in [-0.4, -0.2) is 49.9 Å². The number of aliphatic hydroxyl groups excluding tert-OH is 1. The van der Waals surface area contributed by atoms with Gasteiger partial charge in [0, 0.05) is 17.9 Å². The van der Waals surface area contributed by atoms with Crippen LogP contribution in [0.15, 0.2) is 59.6 Å². The van der Waals surface area contributed by atoms with E-state index in [9.17, 15) is 8.42 Å². The summed E-state index contributed by atoms with van der Waals surface area (Å²) >= 11 is 0. The molecule has 0 amide bonds. The molecule has 3 rings (SSSR count). The Morgan fingerprint density at radius 2 is 1.67 bits per heavy atom.